The van der Waals surface area contributed by atoms with Crippen LogP contribution in [0.1, 0.15) is 32.0 Å². The molecule has 4 nitrogen and oxygen atoms in total. The van der Waals surface area contributed by atoms with Gasteiger partial charge in [0.2, 0.25) is 0 Å². The van der Waals surface area contributed by atoms with Crippen molar-refractivity contribution in [2.75, 3.05) is 11.9 Å². The molecule has 0 amide bonds. The Kier molecular flexibility index (Phi) is 2.70. The molecule has 0 aliphatic heterocycles. The highest BCUT2D eigenvalue weighted by molar-refractivity contribution is 5.17. The molecule has 2 unspecified atom stereocenters. The molecule has 4 heteroatoms. The van der Waals surface area contributed by atoms with E-state index in [0.717, 1.165) is 18.4 Å². The molecule has 1 aromatic rings. The average Bonchev–Trinajstić information content (AvgIpc) is 2.72. The van der Waals surface area contributed by atoms with Crippen molar-refractivity contribution < 1.29 is 4.52 Å². The van der Waals surface area contributed by atoms with Gasteiger partial charge in [-0.05, 0) is 25.2 Å². The van der Waals surface area contributed by atoms with Gasteiger partial charge in [-0.3, -0.25) is 0 Å². The van der Waals surface area contributed by atoms with Crippen LogP contribution < -0.4 is 5.32 Å². The molecule has 0 aromatic carbocycles. The molecule has 0 spiro atoms. The van der Waals surface area contributed by atoms with Crippen LogP contribution in [-0.4, -0.2) is 16.7 Å². The third-order valence-corrected chi connectivity index (χ3v) is 3.08. The fourth-order valence-electron chi connectivity index (χ4n) is 2.11. The lowest BCUT2D eigenvalue weighted by atomic mass is 9.98. The minimum Gasteiger partial charge on any atom is -0.337 e. The lowest BCUT2D eigenvalue weighted by molar-refractivity contribution is 0.406. The van der Waals surface area contributed by atoms with E-state index >= 15 is 0 Å². The highest BCUT2D eigenvalue weighted by atomic mass is 16.5. The van der Waals surface area contributed by atoms with Gasteiger partial charge < -0.3 is 9.84 Å². The van der Waals surface area contributed by atoms with Crippen LogP contribution in [0.4, 0.5) is 6.01 Å². The van der Waals surface area contributed by atoms with Crippen molar-refractivity contribution in [1.82, 2.24) is 10.1 Å². The number of hydrogen-bond acceptors (Lipinski definition) is 4. The molecular formula is C10H17N3O. The summed E-state index contributed by atoms with van der Waals surface area (Å²) in [7, 11) is 0. The van der Waals surface area contributed by atoms with Crippen LogP contribution in [-0.2, 0) is 0 Å². The first-order chi connectivity index (χ1) is 6.75. The Labute approximate surface area is 84.1 Å². The molecular weight excluding hydrogens is 178 g/mol. The van der Waals surface area contributed by atoms with E-state index in [2.05, 4.69) is 22.4 Å². The van der Waals surface area contributed by atoms with Crippen molar-refractivity contribution in [2.24, 2.45) is 11.8 Å². The molecule has 1 saturated carbocycles. The monoisotopic (exact) mass is 195 g/mol. The van der Waals surface area contributed by atoms with Crippen molar-refractivity contribution in [3.05, 3.63) is 5.82 Å². The highest BCUT2D eigenvalue weighted by Gasteiger charge is 2.23. The third-order valence-electron chi connectivity index (χ3n) is 3.08. The van der Waals surface area contributed by atoms with E-state index in [1.165, 1.54) is 19.3 Å². The van der Waals surface area contributed by atoms with Gasteiger partial charge in [-0.1, -0.05) is 24.9 Å². The predicted molar refractivity (Wildman–Crippen MR) is 54.0 cm³/mol. The number of hydrogen-bond donors (Lipinski definition) is 1. The largest absolute Gasteiger partial charge is 0.337 e. The zero-order valence-corrected chi connectivity index (χ0v) is 8.79. The summed E-state index contributed by atoms with van der Waals surface area (Å²) < 4.78 is 4.99. The SMILES string of the molecule is Cc1noc(NCC2CCCC2C)n1. The first-order valence-corrected chi connectivity index (χ1v) is 5.30. The van der Waals surface area contributed by atoms with Gasteiger partial charge in [0.25, 0.3) is 0 Å². The van der Waals surface area contributed by atoms with Gasteiger partial charge >= 0.3 is 6.01 Å². The fourth-order valence-corrected chi connectivity index (χ4v) is 2.11. The van der Waals surface area contributed by atoms with E-state index in [0.29, 0.717) is 11.8 Å². The van der Waals surface area contributed by atoms with Crippen LogP contribution in [0.2, 0.25) is 0 Å². The molecule has 0 bridgehead atoms. The molecule has 2 rings (SSSR count). The van der Waals surface area contributed by atoms with Crippen LogP contribution in [0, 0.1) is 18.8 Å². The molecule has 1 aliphatic carbocycles. The van der Waals surface area contributed by atoms with Gasteiger partial charge in [-0.15, -0.1) is 0 Å². The Hall–Kier alpha value is -1.06. The summed E-state index contributed by atoms with van der Waals surface area (Å²) in [4.78, 5) is 4.11. The number of nitrogens with zero attached hydrogens (tertiary/aromatic N) is 2. The molecule has 78 valence electrons. The quantitative estimate of drug-likeness (QED) is 0.803. The molecule has 0 saturated heterocycles. The minimum atomic E-state index is 0.557. The van der Waals surface area contributed by atoms with E-state index in [9.17, 15) is 0 Å². The van der Waals surface area contributed by atoms with Gasteiger partial charge in [0, 0.05) is 6.54 Å². The zero-order valence-electron chi connectivity index (χ0n) is 8.79. The second-order valence-corrected chi connectivity index (χ2v) is 4.20. The molecule has 0 radical (unpaired) electrons. The summed E-state index contributed by atoms with van der Waals surface area (Å²) in [5.41, 5.74) is 0. The topological polar surface area (TPSA) is 51.0 Å². The van der Waals surface area contributed by atoms with E-state index < -0.39 is 0 Å². The van der Waals surface area contributed by atoms with Gasteiger partial charge in [0.15, 0.2) is 5.82 Å². The lowest BCUT2D eigenvalue weighted by Crippen LogP contribution is -2.16. The smallest absolute Gasteiger partial charge is 0.321 e. The summed E-state index contributed by atoms with van der Waals surface area (Å²) in [5.74, 6) is 2.28. The first kappa shape index (κ1) is 9.49. The highest BCUT2D eigenvalue weighted by Crippen LogP contribution is 2.30. The summed E-state index contributed by atoms with van der Waals surface area (Å²) in [6.45, 7) is 5.11. The zero-order chi connectivity index (χ0) is 9.97. The molecule has 1 heterocycles. The van der Waals surface area contributed by atoms with Crippen molar-refractivity contribution in [1.29, 1.82) is 0 Å². The second-order valence-electron chi connectivity index (χ2n) is 4.20. The molecule has 2 atom stereocenters. The maximum absolute atomic E-state index is 4.99. The van der Waals surface area contributed by atoms with Crippen LogP contribution >= 0.6 is 0 Å². The lowest BCUT2D eigenvalue weighted by Gasteiger charge is -2.14. The van der Waals surface area contributed by atoms with E-state index in [4.69, 9.17) is 4.52 Å². The Balaban J connectivity index is 1.82. The Morgan fingerprint density at radius 2 is 2.36 bits per heavy atom. The van der Waals surface area contributed by atoms with Crippen molar-refractivity contribution >= 4 is 6.01 Å². The van der Waals surface area contributed by atoms with E-state index in [1.54, 1.807) is 0 Å². The number of rotatable bonds is 3. The summed E-state index contributed by atoms with van der Waals surface area (Å²) in [6, 6.07) is 0.557. The van der Waals surface area contributed by atoms with Crippen LogP contribution in [0.5, 0.6) is 0 Å². The minimum absolute atomic E-state index is 0.557. The standard InChI is InChI=1S/C10H17N3O/c1-7-4-3-5-9(7)6-11-10-12-8(2)13-14-10/h7,9H,3-6H2,1-2H3,(H,11,12,13). The van der Waals surface area contributed by atoms with Gasteiger partial charge in [-0.2, -0.15) is 4.98 Å². The van der Waals surface area contributed by atoms with Crippen molar-refractivity contribution in [3.63, 3.8) is 0 Å². The van der Waals surface area contributed by atoms with Crippen LogP contribution in [0.25, 0.3) is 0 Å². The normalized spacial score (nSPS) is 26.7. The third kappa shape index (κ3) is 2.05. The Morgan fingerprint density at radius 3 is 2.93 bits per heavy atom. The van der Waals surface area contributed by atoms with E-state index in [-0.39, 0.29) is 0 Å². The summed E-state index contributed by atoms with van der Waals surface area (Å²) >= 11 is 0. The second kappa shape index (κ2) is 3.98. The maximum Gasteiger partial charge on any atom is 0.321 e. The molecule has 1 aromatic heterocycles. The van der Waals surface area contributed by atoms with Crippen molar-refractivity contribution in [2.45, 2.75) is 33.1 Å². The molecule has 14 heavy (non-hydrogen) atoms. The van der Waals surface area contributed by atoms with Gasteiger partial charge in [0.05, 0.1) is 0 Å². The maximum atomic E-state index is 4.99. The predicted octanol–water partition coefficient (Wildman–Crippen LogP) is 2.23. The fraction of sp³-hybridized carbons (Fsp3) is 0.800. The van der Waals surface area contributed by atoms with Crippen LogP contribution in [0.3, 0.4) is 0 Å². The Bertz CT molecular complexity index is 297. The van der Waals surface area contributed by atoms with Crippen molar-refractivity contribution in [3.8, 4) is 0 Å². The number of nitrogens with one attached hydrogen (secondary N) is 1. The van der Waals surface area contributed by atoms with Crippen LogP contribution in [0.15, 0.2) is 4.52 Å². The molecule has 1 aliphatic rings. The Morgan fingerprint density at radius 1 is 1.50 bits per heavy atom. The van der Waals surface area contributed by atoms with Gasteiger partial charge in [-0.25, -0.2) is 0 Å². The summed E-state index contributed by atoms with van der Waals surface area (Å²) in [5, 5.41) is 6.93. The molecule has 1 N–H and O–H groups in total. The first-order valence-electron chi connectivity index (χ1n) is 5.30. The number of anilines is 1. The van der Waals surface area contributed by atoms with Gasteiger partial charge in [0.1, 0.15) is 0 Å². The molecule has 1 fully saturated rings. The number of aryl methyl sites for hydroxylation is 1. The number of aromatic nitrogens is 2. The van der Waals surface area contributed by atoms with E-state index in [1.807, 2.05) is 6.92 Å². The average molecular weight is 195 g/mol. The summed E-state index contributed by atoms with van der Waals surface area (Å²) in [6.07, 6.45) is 4.03.